The van der Waals surface area contributed by atoms with Crippen LogP contribution in [0.1, 0.15) is 27.9 Å². The number of carbonyl (C=O) groups is 1. The van der Waals surface area contributed by atoms with Gasteiger partial charge in [0.1, 0.15) is 5.69 Å². The summed E-state index contributed by atoms with van der Waals surface area (Å²) in [4.78, 5) is 15.0. The fraction of sp³-hybridized carbons (Fsp3) is 0.304. The van der Waals surface area contributed by atoms with E-state index in [4.69, 9.17) is 5.10 Å². The molecule has 2 heterocycles. The molecule has 3 aromatic rings. The van der Waals surface area contributed by atoms with Crippen molar-refractivity contribution in [3.63, 3.8) is 0 Å². The average Bonchev–Trinajstić information content (AvgIpc) is 3.33. The number of sulfone groups is 1. The molecule has 1 aliphatic heterocycles. The third-order valence-electron chi connectivity index (χ3n) is 5.82. The van der Waals surface area contributed by atoms with Gasteiger partial charge in [0.05, 0.1) is 22.8 Å². The minimum atomic E-state index is -3.08. The second-order valence-corrected chi connectivity index (χ2v) is 10.2. The smallest absolute Gasteiger partial charge is 0.257 e. The summed E-state index contributed by atoms with van der Waals surface area (Å²) in [5.74, 6) is -0.0728. The lowest BCUT2D eigenvalue weighted by Gasteiger charge is -2.23. The zero-order chi connectivity index (χ0) is 21.5. The molecule has 1 aromatic heterocycles. The summed E-state index contributed by atoms with van der Waals surface area (Å²) in [7, 11) is -1.40. The van der Waals surface area contributed by atoms with Crippen LogP contribution in [0.3, 0.4) is 0 Å². The number of benzene rings is 2. The summed E-state index contributed by atoms with van der Waals surface area (Å²) in [6, 6.07) is 15.3. The van der Waals surface area contributed by atoms with Gasteiger partial charge in [-0.3, -0.25) is 4.79 Å². The summed E-state index contributed by atoms with van der Waals surface area (Å²) in [6.07, 6.45) is 2.21. The molecule has 0 radical (unpaired) electrons. The van der Waals surface area contributed by atoms with Crippen LogP contribution in [0.4, 0.5) is 0 Å². The molecule has 0 bridgehead atoms. The van der Waals surface area contributed by atoms with Gasteiger partial charge in [-0.15, -0.1) is 0 Å². The molecule has 1 atom stereocenters. The molecule has 4 rings (SSSR count). The minimum Gasteiger partial charge on any atom is -0.338 e. The monoisotopic (exact) mass is 423 g/mol. The first kappa shape index (κ1) is 20.3. The maximum atomic E-state index is 13.4. The van der Waals surface area contributed by atoms with Crippen LogP contribution < -0.4 is 0 Å². The standard InChI is InChI=1S/C23H25N3O3S/c1-16-9-10-18(13-17(16)2)22-21(14-26(24-22)19-7-5-4-6-8-19)23(27)25(3)20-11-12-30(28,29)15-20/h4-10,13-14,20H,11-12,15H2,1-3H3. The van der Waals surface area contributed by atoms with E-state index < -0.39 is 9.84 Å². The van der Waals surface area contributed by atoms with Gasteiger partial charge in [-0.1, -0.05) is 30.3 Å². The maximum Gasteiger partial charge on any atom is 0.257 e. The summed E-state index contributed by atoms with van der Waals surface area (Å²) < 4.78 is 25.5. The third kappa shape index (κ3) is 3.89. The average molecular weight is 424 g/mol. The van der Waals surface area contributed by atoms with Crippen LogP contribution in [-0.4, -0.2) is 53.6 Å². The van der Waals surface area contributed by atoms with Crippen LogP contribution >= 0.6 is 0 Å². The fourth-order valence-electron chi connectivity index (χ4n) is 3.78. The van der Waals surface area contributed by atoms with Crippen molar-refractivity contribution in [3.8, 4) is 16.9 Å². The predicted molar refractivity (Wildman–Crippen MR) is 118 cm³/mol. The van der Waals surface area contributed by atoms with Gasteiger partial charge < -0.3 is 4.90 Å². The third-order valence-corrected chi connectivity index (χ3v) is 7.57. The summed E-state index contributed by atoms with van der Waals surface area (Å²) in [5, 5.41) is 4.73. The van der Waals surface area contributed by atoms with E-state index in [0.29, 0.717) is 17.7 Å². The number of hydrogen-bond donors (Lipinski definition) is 0. The molecule has 7 heteroatoms. The summed E-state index contributed by atoms with van der Waals surface area (Å²) in [5.41, 5.74) is 5.07. The molecule has 30 heavy (non-hydrogen) atoms. The number of aromatic nitrogens is 2. The first-order valence-electron chi connectivity index (χ1n) is 9.95. The van der Waals surface area contributed by atoms with Crippen molar-refractivity contribution >= 4 is 15.7 Å². The predicted octanol–water partition coefficient (Wildman–Crippen LogP) is 3.42. The van der Waals surface area contributed by atoms with E-state index in [2.05, 4.69) is 0 Å². The summed E-state index contributed by atoms with van der Waals surface area (Å²) >= 11 is 0. The van der Waals surface area contributed by atoms with Crippen molar-refractivity contribution in [1.29, 1.82) is 0 Å². The van der Waals surface area contributed by atoms with Gasteiger partial charge >= 0.3 is 0 Å². The molecule has 1 amide bonds. The Kier molecular flexibility index (Phi) is 5.24. The number of hydrogen-bond acceptors (Lipinski definition) is 4. The quantitative estimate of drug-likeness (QED) is 0.645. The van der Waals surface area contributed by atoms with E-state index in [1.165, 1.54) is 5.56 Å². The first-order valence-corrected chi connectivity index (χ1v) is 11.8. The van der Waals surface area contributed by atoms with E-state index in [0.717, 1.165) is 16.8 Å². The van der Waals surface area contributed by atoms with Gasteiger partial charge in [0, 0.05) is 24.8 Å². The molecular formula is C23H25N3O3S. The largest absolute Gasteiger partial charge is 0.338 e. The van der Waals surface area contributed by atoms with Crippen molar-refractivity contribution in [3.05, 3.63) is 71.4 Å². The van der Waals surface area contributed by atoms with Gasteiger partial charge in [-0.25, -0.2) is 13.1 Å². The molecule has 156 valence electrons. The van der Waals surface area contributed by atoms with Crippen molar-refractivity contribution in [2.24, 2.45) is 0 Å². The fourth-order valence-corrected chi connectivity index (χ4v) is 5.56. The normalized spacial score (nSPS) is 17.8. The Hall–Kier alpha value is -2.93. The SMILES string of the molecule is Cc1ccc(-c2nn(-c3ccccc3)cc2C(=O)N(C)C2CCS(=O)(=O)C2)cc1C. The van der Waals surface area contributed by atoms with Gasteiger partial charge in [-0.2, -0.15) is 5.10 Å². The van der Waals surface area contributed by atoms with Crippen LogP contribution in [0.25, 0.3) is 16.9 Å². The lowest BCUT2D eigenvalue weighted by Crippen LogP contribution is -2.37. The van der Waals surface area contributed by atoms with Crippen molar-refractivity contribution in [2.45, 2.75) is 26.3 Å². The van der Waals surface area contributed by atoms with Gasteiger partial charge in [0.15, 0.2) is 9.84 Å². The molecule has 1 saturated heterocycles. The Morgan fingerprint density at radius 1 is 1.10 bits per heavy atom. The molecule has 1 fully saturated rings. The number of amides is 1. The zero-order valence-corrected chi connectivity index (χ0v) is 18.2. The van der Waals surface area contributed by atoms with E-state index in [1.54, 1.807) is 22.8 Å². The van der Waals surface area contributed by atoms with Gasteiger partial charge in [0.25, 0.3) is 5.91 Å². The van der Waals surface area contributed by atoms with Crippen LogP contribution in [0.15, 0.2) is 54.7 Å². The minimum absolute atomic E-state index is 0.0149. The molecule has 0 N–H and O–H groups in total. The van der Waals surface area contributed by atoms with Crippen molar-refractivity contribution < 1.29 is 13.2 Å². The van der Waals surface area contributed by atoms with Crippen LogP contribution in [0.2, 0.25) is 0 Å². The molecule has 2 aromatic carbocycles. The van der Waals surface area contributed by atoms with Gasteiger partial charge in [-0.05, 0) is 49.6 Å². The lowest BCUT2D eigenvalue weighted by atomic mass is 10.0. The molecule has 1 unspecified atom stereocenters. The Balaban J connectivity index is 1.78. The van der Waals surface area contributed by atoms with Crippen LogP contribution in [0, 0.1) is 13.8 Å². The molecule has 0 aliphatic carbocycles. The van der Waals surface area contributed by atoms with Crippen LogP contribution in [-0.2, 0) is 9.84 Å². The molecule has 1 aliphatic rings. The second kappa shape index (κ2) is 7.72. The molecule has 0 saturated carbocycles. The highest BCUT2D eigenvalue weighted by molar-refractivity contribution is 7.91. The van der Waals surface area contributed by atoms with E-state index >= 15 is 0 Å². The lowest BCUT2D eigenvalue weighted by molar-refractivity contribution is 0.0748. The first-order chi connectivity index (χ1) is 14.2. The maximum absolute atomic E-state index is 13.4. The Bertz CT molecular complexity index is 1200. The highest BCUT2D eigenvalue weighted by Crippen LogP contribution is 2.28. The van der Waals surface area contributed by atoms with Crippen molar-refractivity contribution in [1.82, 2.24) is 14.7 Å². The van der Waals surface area contributed by atoms with Crippen molar-refractivity contribution in [2.75, 3.05) is 18.6 Å². The number of nitrogens with zero attached hydrogens (tertiary/aromatic N) is 3. The Labute approximate surface area is 177 Å². The highest BCUT2D eigenvalue weighted by Gasteiger charge is 2.34. The second-order valence-electron chi connectivity index (χ2n) is 7.94. The number of para-hydroxylation sites is 1. The Morgan fingerprint density at radius 3 is 2.47 bits per heavy atom. The highest BCUT2D eigenvalue weighted by atomic mass is 32.2. The topological polar surface area (TPSA) is 72.3 Å². The molecular weight excluding hydrogens is 398 g/mol. The number of aryl methyl sites for hydroxylation is 2. The molecule has 0 spiro atoms. The zero-order valence-electron chi connectivity index (χ0n) is 17.4. The number of carbonyl (C=O) groups excluding carboxylic acids is 1. The van der Waals surface area contributed by atoms with E-state index in [-0.39, 0.29) is 23.5 Å². The van der Waals surface area contributed by atoms with E-state index in [1.807, 2.05) is 62.4 Å². The van der Waals surface area contributed by atoms with E-state index in [9.17, 15) is 13.2 Å². The number of rotatable bonds is 4. The summed E-state index contributed by atoms with van der Waals surface area (Å²) in [6.45, 7) is 4.08. The molecule has 6 nitrogen and oxygen atoms in total. The Morgan fingerprint density at radius 2 is 1.83 bits per heavy atom. The van der Waals surface area contributed by atoms with Crippen LogP contribution in [0.5, 0.6) is 0 Å². The van der Waals surface area contributed by atoms with Gasteiger partial charge in [0.2, 0.25) is 0 Å².